The molecule has 2 rings (SSSR count). The molecule has 2 aromatic rings. The lowest BCUT2D eigenvalue weighted by Crippen LogP contribution is -1.80. The van der Waals surface area contributed by atoms with E-state index in [4.69, 9.17) is 11.6 Å². The summed E-state index contributed by atoms with van der Waals surface area (Å²) in [6, 6.07) is 0. The van der Waals surface area contributed by atoms with Crippen LogP contribution in [0.3, 0.4) is 0 Å². The number of halogens is 1. The molecule has 0 aromatic carbocycles. The van der Waals surface area contributed by atoms with Crippen molar-refractivity contribution in [2.75, 3.05) is 0 Å². The van der Waals surface area contributed by atoms with Gasteiger partial charge < -0.3 is 4.40 Å². The summed E-state index contributed by atoms with van der Waals surface area (Å²) in [7, 11) is 0. The van der Waals surface area contributed by atoms with Crippen LogP contribution in [0.5, 0.6) is 0 Å². The van der Waals surface area contributed by atoms with E-state index in [1.165, 1.54) is 0 Å². The van der Waals surface area contributed by atoms with Crippen molar-refractivity contribution in [2.24, 2.45) is 0 Å². The molecule has 0 aliphatic heterocycles. The van der Waals surface area contributed by atoms with Crippen molar-refractivity contribution in [1.82, 2.24) is 14.4 Å². The maximum absolute atomic E-state index is 5.70. The molecule has 0 atom stereocenters. The fraction of sp³-hybridized carbons (Fsp3) is 0. The highest BCUT2D eigenvalue weighted by Crippen LogP contribution is 2.11. The standard InChI is InChI=1S/C6H4ClN3/c7-6-5-3-8-1-2-10(5)4-9-6/h1-4H. The van der Waals surface area contributed by atoms with E-state index in [-0.39, 0.29) is 0 Å². The van der Waals surface area contributed by atoms with E-state index in [0.29, 0.717) is 5.15 Å². The molecular weight excluding hydrogens is 150 g/mol. The average Bonchev–Trinajstić information content (AvgIpc) is 2.34. The minimum atomic E-state index is 0.494. The van der Waals surface area contributed by atoms with Crippen LogP contribution in [0.25, 0.3) is 5.52 Å². The molecule has 50 valence electrons. The van der Waals surface area contributed by atoms with Gasteiger partial charge in [0.25, 0.3) is 0 Å². The third-order valence-corrected chi connectivity index (χ3v) is 1.59. The molecular formula is C6H4ClN3. The van der Waals surface area contributed by atoms with E-state index in [9.17, 15) is 0 Å². The molecule has 0 aliphatic carbocycles. The van der Waals surface area contributed by atoms with Crippen molar-refractivity contribution in [3.63, 3.8) is 0 Å². The average molecular weight is 154 g/mol. The van der Waals surface area contributed by atoms with Crippen LogP contribution in [0, 0.1) is 0 Å². The monoisotopic (exact) mass is 153 g/mol. The van der Waals surface area contributed by atoms with Gasteiger partial charge in [0.1, 0.15) is 11.8 Å². The molecule has 0 spiro atoms. The molecule has 10 heavy (non-hydrogen) atoms. The number of imidazole rings is 1. The smallest absolute Gasteiger partial charge is 0.156 e. The first-order valence-electron chi connectivity index (χ1n) is 2.80. The summed E-state index contributed by atoms with van der Waals surface area (Å²) in [5.41, 5.74) is 0.837. The summed E-state index contributed by atoms with van der Waals surface area (Å²) in [5, 5.41) is 0.494. The lowest BCUT2D eigenvalue weighted by Gasteiger charge is -1.87. The van der Waals surface area contributed by atoms with Crippen LogP contribution in [0.15, 0.2) is 24.9 Å². The van der Waals surface area contributed by atoms with Crippen molar-refractivity contribution in [3.05, 3.63) is 30.1 Å². The lowest BCUT2D eigenvalue weighted by atomic mass is 10.6. The third-order valence-electron chi connectivity index (χ3n) is 1.30. The van der Waals surface area contributed by atoms with Crippen LogP contribution in [0.2, 0.25) is 5.15 Å². The van der Waals surface area contributed by atoms with Crippen LogP contribution in [-0.4, -0.2) is 14.4 Å². The van der Waals surface area contributed by atoms with Crippen LogP contribution in [0.4, 0.5) is 0 Å². The molecule has 2 aromatic heterocycles. The number of rotatable bonds is 0. The Morgan fingerprint density at radius 3 is 3.20 bits per heavy atom. The molecule has 0 amide bonds. The molecule has 0 saturated heterocycles. The Morgan fingerprint density at radius 1 is 1.50 bits per heavy atom. The first kappa shape index (κ1) is 5.68. The second-order valence-electron chi connectivity index (χ2n) is 1.90. The Morgan fingerprint density at radius 2 is 2.40 bits per heavy atom. The fourth-order valence-corrected chi connectivity index (χ4v) is 1.00. The van der Waals surface area contributed by atoms with E-state index in [0.717, 1.165) is 5.52 Å². The molecule has 3 nitrogen and oxygen atoms in total. The summed E-state index contributed by atoms with van der Waals surface area (Å²) < 4.78 is 1.81. The summed E-state index contributed by atoms with van der Waals surface area (Å²) in [6.45, 7) is 0. The van der Waals surface area contributed by atoms with E-state index in [1.807, 2.05) is 4.40 Å². The van der Waals surface area contributed by atoms with E-state index < -0.39 is 0 Å². The van der Waals surface area contributed by atoms with Gasteiger partial charge in [-0.05, 0) is 0 Å². The topological polar surface area (TPSA) is 30.2 Å². The predicted octanol–water partition coefficient (Wildman–Crippen LogP) is 1.38. The zero-order valence-electron chi connectivity index (χ0n) is 5.03. The first-order chi connectivity index (χ1) is 4.88. The van der Waals surface area contributed by atoms with Gasteiger partial charge in [-0.1, -0.05) is 11.6 Å². The Balaban J connectivity index is 2.93. The van der Waals surface area contributed by atoms with E-state index in [2.05, 4.69) is 9.97 Å². The second-order valence-corrected chi connectivity index (χ2v) is 2.26. The van der Waals surface area contributed by atoms with Gasteiger partial charge >= 0.3 is 0 Å². The number of hydrogen-bond acceptors (Lipinski definition) is 2. The van der Waals surface area contributed by atoms with Crippen molar-refractivity contribution >= 4 is 17.1 Å². The third kappa shape index (κ3) is 0.675. The van der Waals surface area contributed by atoms with Crippen LogP contribution in [-0.2, 0) is 0 Å². The summed E-state index contributed by atoms with van der Waals surface area (Å²) in [6.07, 6.45) is 6.81. The molecule has 0 unspecified atom stereocenters. The van der Waals surface area contributed by atoms with Gasteiger partial charge in [-0.3, -0.25) is 4.98 Å². The van der Waals surface area contributed by atoms with E-state index >= 15 is 0 Å². The van der Waals surface area contributed by atoms with Gasteiger partial charge in [-0.15, -0.1) is 0 Å². The SMILES string of the molecule is Clc1ncn2ccncc12. The molecule has 2 heterocycles. The minimum absolute atomic E-state index is 0.494. The minimum Gasteiger partial charge on any atom is -0.302 e. The first-order valence-corrected chi connectivity index (χ1v) is 3.18. The Bertz CT molecular complexity index is 355. The quantitative estimate of drug-likeness (QED) is 0.573. The van der Waals surface area contributed by atoms with Gasteiger partial charge in [-0.2, -0.15) is 0 Å². The number of aromatic nitrogens is 3. The lowest BCUT2D eigenvalue weighted by molar-refractivity contribution is 1.11. The van der Waals surface area contributed by atoms with E-state index in [1.54, 1.807) is 24.9 Å². The summed E-state index contributed by atoms with van der Waals surface area (Å²) >= 11 is 5.70. The Labute approximate surface area is 62.3 Å². The highest BCUT2D eigenvalue weighted by molar-refractivity contribution is 6.32. The summed E-state index contributed by atoms with van der Waals surface area (Å²) in [5.74, 6) is 0. The molecule has 4 heteroatoms. The summed E-state index contributed by atoms with van der Waals surface area (Å²) in [4.78, 5) is 7.78. The molecule has 0 bridgehead atoms. The van der Waals surface area contributed by atoms with Gasteiger partial charge in [0.2, 0.25) is 0 Å². The number of hydrogen-bond donors (Lipinski definition) is 0. The van der Waals surface area contributed by atoms with Crippen molar-refractivity contribution in [1.29, 1.82) is 0 Å². The molecule has 0 fully saturated rings. The predicted molar refractivity (Wildman–Crippen MR) is 38.0 cm³/mol. The van der Waals surface area contributed by atoms with Gasteiger partial charge in [0.15, 0.2) is 5.15 Å². The molecule has 0 N–H and O–H groups in total. The van der Waals surface area contributed by atoms with Crippen LogP contribution >= 0.6 is 11.6 Å². The molecule has 0 saturated carbocycles. The van der Waals surface area contributed by atoms with Gasteiger partial charge in [-0.25, -0.2) is 4.98 Å². The Hall–Kier alpha value is -1.09. The van der Waals surface area contributed by atoms with Crippen LogP contribution < -0.4 is 0 Å². The van der Waals surface area contributed by atoms with Crippen molar-refractivity contribution in [3.8, 4) is 0 Å². The number of nitrogens with zero attached hydrogens (tertiary/aromatic N) is 3. The largest absolute Gasteiger partial charge is 0.302 e. The highest BCUT2D eigenvalue weighted by atomic mass is 35.5. The van der Waals surface area contributed by atoms with Crippen LogP contribution in [0.1, 0.15) is 0 Å². The van der Waals surface area contributed by atoms with Crippen molar-refractivity contribution < 1.29 is 0 Å². The number of fused-ring (bicyclic) bond motifs is 1. The molecule has 0 aliphatic rings. The normalized spacial score (nSPS) is 10.5. The van der Waals surface area contributed by atoms with Gasteiger partial charge in [0.05, 0.1) is 6.20 Å². The fourth-order valence-electron chi connectivity index (χ4n) is 0.810. The van der Waals surface area contributed by atoms with Crippen molar-refractivity contribution in [2.45, 2.75) is 0 Å². The highest BCUT2D eigenvalue weighted by Gasteiger charge is 1.97. The Kier molecular flexibility index (Phi) is 1.11. The maximum Gasteiger partial charge on any atom is 0.156 e. The maximum atomic E-state index is 5.70. The van der Waals surface area contributed by atoms with Gasteiger partial charge in [0, 0.05) is 12.4 Å². The molecule has 0 radical (unpaired) electrons. The second kappa shape index (κ2) is 1.95. The zero-order valence-corrected chi connectivity index (χ0v) is 5.78. The zero-order chi connectivity index (χ0) is 6.97.